The van der Waals surface area contributed by atoms with E-state index in [2.05, 4.69) is 27.9 Å². The van der Waals surface area contributed by atoms with Gasteiger partial charge in [-0.05, 0) is 5.56 Å². The third-order valence-electron chi connectivity index (χ3n) is 5.00. The van der Waals surface area contributed by atoms with Gasteiger partial charge in [0.25, 0.3) is 0 Å². The van der Waals surface area contributed by atoms with E-state index in [4.69, 9.17) is 31.1 Å². The van der Waals surface area contributed by atoms with Gasteiger partial charge in [0.2, 0.25) is 0 Å². The average Bonchev–Trinajstić information content (AvgIpc) is 2.78. The molecular formula is C23H37N3O4. The molecule has 0 unspecified atom stereocenters. The number of nitrogens with zero attached hydrogens (tertiary/aromatic N) is 2. The summed E-state index contributed by atoms with van der Waals surface area (Å²) in [7, 11) is 0. The third kappa shape index (κ3) is 11.0. The van der Waals surface area contributed by atoms with Crippen molar-refractivity contribution in [3.05, 3.63) is 35.9 Å². The summed E-state index contributed by atoms with van der Waals surface area (Å²) in [5, 5.41) is 0. The Balaban J connectivity index is 1.38. The van der Waals surface area contributed by atoms with E-state index >= 15 is 0 Å². The minimum atomic E-state index is 0.0771. The van der Waals surface area contributed by atoms with Crippen LogP contribution in [0.3, 0.4) is 0 Å². The van der Waals surface area contributed by atoms with E-state index in [9.17, 15) is 0 Å². The summed E-state index contributed by atoms with van der Waals surface area (Å²) in [5.74, 6) is 2.41. The molecule has 0 spiro atoms. The summed E-state index contributed by atoms with van der Waals surface area (Å²) in [6, 6.07) is 10.4. The van der Waals surface area contributed by atoms with Gasteiger partial charge in [0.1, 0.15) is 6.61 Å². The number of benzene rings is 1. The van der Waals surface area contributed by atoms with Gasteiger partial charge in [0.15, 0.2) is 0 Å². The molecule has 0 aromatic heterocycles. The topological polar surface area (TPSA) is 69.4 Å². The zero-order valence-corrected chi connectivity index (χ0v) is 18.0. The summed E-state index contributed by atoms with van der Waals surface area (Å²) in [6.07, 6.45) is 5.08. The van der Waals surface area contributed by atoms with E-state index in [1.54, 1.807) is 0 Å². The minimum absolute atomic E-state index is 0.0771. The van der Waals surface area contributed by atoms with Crippen LogP contribution < -0.4 is 5.73 Å². The number of hydrogen-bond donors (Lipinski definition) is 1. The van der Waals surface area contributed by atoms with Crippen LogP contribution in [0.2, 0.25) is 0 Å². The molecule has 1 saturated heterocycles. The first kappa shape index (κ1) is 24.8. The van der Waals surface area contributed by atoms with Gasteiger partial charge in [-0.3, -0.25) is 9.80 Å². The average molecular weight is 420 g/mol. The molecule has 0 aliphatic carbocycles. The van der Waals surface area contributed by atoms with Crippen LogP contribution in [0.5, 0.6) is 0 Å². The van der Waals surface area contributed by atoms with Crippen LogP contribution in [0, 0.1) is 12.3 Å². The Bertz CT molecular complexity index is 574. The molecule has 0 saturated carbocycles. The van der Waals surface area contributed by atoms with E-state index in [-0.39, 0.29) is 6.04 Å². The molecule has 168 valence electrons. The van der Waals surface area contributed by atoms with Crippen molar-refractivity contribution in [2.75, 3.05) is 92.1 Å². The third-order valence-corrected chi connectivity index (χ3v) is 5.00. The number of hydrogen-bond acceptors (Lipinski definition) is 7. The summed E-state index contributed by atoms with van der Waals surface area (Å²) in [5.41, 5.74) is 7.55. The van der Waals surface area contributed by atoms with Gasteiger partial charge in [0.05, 0.1) is 46.2 Å². The van der Waals surface area contributed by atoms with Crippen molar-refractivity contribution < 1.29 is 18.9 Å². The molecule has 0 amide bonds. The van der Waals surface area contributed by atoms with Crippen molar-refractivity contribution in [1.29, 1.82) is 0 Å². The maximum absolute atomic E-state index is 6.34. The van der Waals surface area contributed by atoms with Crippen LogP contribution in [0.15, 0.2) is 30.3 Å². The van der Waals surface area contributed by atoms with Crippen molar-refractivity contribution in [2.45, 2.75) is 6.04 Å². The molecule has 1 aromatic rings. The molecular weight excluding hydrogens is 382 g/mol. The van der Waals surface area contributed by atoms with Crippen molar-refractivity contribution >= 4 is 0 Å². The van der Waals surface area contributed by atoms with Gasteiger partial charge >= 0.3 is 0 Å². The molecule has 30 heavy (non-hydrogen) atoms. The number of piperazine rings is 1. The fourth-order valence-electron chi connectivity index (χ4n) is 3.26. The Hall–Kier alpha value is -1.50. The molecule has 0 radical (unpaired) electrons. The second-order valence-electron chi connectivity index (χ2n) is 7.25. The normalized spacial score (nSPS) is 16.4. The highest BCUT2D eigenvalue weighted by atomic mass is 16.6. The van der Waals surface area contributed by atoms with Gasteiger partial charge in [-0.2, -0.15) is 0 Å². The largest absolute Gasteiger partial charge is 0.378 e. The predicted octanol–water partition coefficient (Wildman–Crippen LogP) is 1.00. The maximum atomic E-state index is 6.34. The van der Waals surface area contributed by atoms with Crippen molar-refractivity contribution in [1.82, 2.24) is 9.80 Å². The lowest BCUT2D eigenvalue weighted by molar-refractivity contribution is -0.00263. The quantitative estimate of drug-likeness (QED) is 0.317. The van der Waals surface area contributed by atoms with Crippen LogP contribution in [-0.2, 0) is 18.9 Å². The second-order valence-corrected chi connectivity index (χ2v) is 7.25. The van der Waals surface area contributed by atoms with E-state index < -0.39 is 0 Å². The van der Waals surface area contributed by atoms with Crippen LogP contribution in [0.4, 0.5) is 0 Å². The summed E-state index contributed by atoms with van der Waals surface area (Å²) < 4.78 is 21.6. The molecule has 1 aromatic carbocycles. The first-order valence-corrected chi connectivity index (χ1v) is 10.8. The summed E-state index contributed by atoms with van der Waals surface area (Å²) in [6.45, 7) is 10.5. The van der Waals surface area contributed by atoms with Gasteiger partial charge in [-0.25, -0.2) is 0 Å². The highest BCUT2D eigenvalue weighted by Gasteiger charge is 2.19. The Labute approximate surface area is 181 Å². The zero-order chi connectivity index (χ0) is 21.3. The molecule has 2 N–H and O–H groups in total. The number of nitrogens with two attached hydrogens (primary N) is 1. The van der Waals surface area contributed by atoms with E-state index in [0.717, 1.165) is 45.9 Å². The Morgan fingerprint density at radius 1 is 0.800 bits per heavy atom. The molecule has 1 atom stereocenters. The van der Waals surface area contributed by atoms with E-state index in [0.29, 0.717) is 46.2 Å². The van der Waals surface area contributed by atoms with Crippen LogP contribution >= 0.6 is 0 Å². The van der Waals surface area contributed by atoms with Crippen molar-refractivity contribution in [3.63, 3.8) is 0 Å². The molecule has 7 heteroatoms. The summed E-state index contributed by atoms with van der Waals surface area (Å²) in [4.78, 5) is 4.90. The molecule has 7 nitrogen and oxygen atoms in total. The smallest absolute Gasteiger partial charge is 0.107 e. The van der Waals surface area contributed by atoms with E-state index in [1.165, 1.54) is 5.56 Å². The van der Waals surface area contributed by atoms with Gasteiger partial charge < -0.3 is 24.7 Å². The molecule has 2 rings (SSSR count). The van der Waals surface area contributed by atoms with Crippen molar-refractivity contribution in [3.8, 4) is 12.3 Å². The highest BCUT2D eigenvalue weighted by molar-refractivity contribution is 5.18. The summed E-state index contributed by atoms with van der Waals surface area (Å²) >= 11 is 0. The molecule has 1 aliphatic heterocycles. The first-order valence-electron chi connectivity index (χ1n) is 10.8. The van der Waals surface area contributed by atoms with Crippen LogP contribution in [-0.4, -0.2) is 102 Å². The van der Waals surface area contributed by atoms with Crippen LogP contribution in [0.1, 0.15) is 11.6 Å². The van der Waals surface area contributed by atoms with Gasteiger partial charge in [0, 0.05) is 45.3 Å². The van der Waals surface area contributed by atoms with Crippen molar-refractivity contribution in [2.24, 2.45) is 5.73 Å². The lowest BCUT2D eigenvalue weighted by atomic mass is 10.1. The van der Waals surface area contributed by atoms with E-state index in [1.807, 2.05) is 18.2 Å². The number of rotatable bonds is 16. The molecule has 1 fully saturated rings. The first-order chi connectivity index (χ1) is 14.8. The fraction of sp³-hybridized carbons (Fsp3) is 0.652. The Morgan fingerprint density at radius 2 is 1.33 bits per heavy atom. The maximum Gasteiger partial charge on any atom is 0.107 e. The fourth-order valence-corrected chi connectivity index (χ4v) is 3.26. The van der Waals surface area contributed by atoms with Gasteiger partial charge in [-0.1, -0.05) is 36.3 Å². The number of terminal acetylenes is 1. The molecule has 1 heterocycles. The predicted molar refractivity (Wildman–Crippen MR) is 118 cm³/mol. The zero-order valence-electron chi connectivity index (χ0n) is 18.0. The Kier molecular flexibility index (Phi) is 13.4. The standard InChI is InChI=1S/C23H37N3O4/c1-2-13-27-15-17-29-19-20-30-18-16-28-14-12-25-8-10-26(11-9-25)21-23(24)22-6-4-3-5-7-22/h1,3-7,23H,8-21,24H2/t23-/m0/s1. The highest BCUT2D eigenvalue weighted by Crippen LogP contribution is 2.12. The van der Waals surface area contributed by atoms with Gasteiger partial charge in [-0.15, -0.1) is 6.42 Å². The SMILES string of the molecule is C#CCOCCOCCOCCOCCN1CCN(C[C@H](N)c2ccccc2)CC1. The molecule has 1 aliphatic rings. The second kappa shape index (κ2) is 16.2. The minimum Gasteiger partial charge on any atom is -0.378 e. The lowest BCUT2D eigenvalue weighted by Crippen LogP contribution is -2.49. The Morgan fingerprint density at radius 3 is 1.93 bits per heavy atom. The number of ether oxygens (including phenoxy) is 4. The monoisotopic (exact) mass is 419 g/mol. The lowest BCUT2D eigenvalue weighted by Gasteiger charge is -2.35. The molecule has 0 bridgehead atoms. The van der Waals surface area contributed by atoms with Crippen LogP contribution in [0.25, 0.3) is 0 Å².